The van der Waals surface area contributed by atoms with Gasteiger partial charge in [-0.05, 0) is 37.7 Å². The summed E-state index contributed by atoms with van der Waals surface area (Å²) in [7, 11) is 1.72. The molecule has 23 heavy (non-hydrogen) atoms. The predicted octanol–water partition coefficient (Wildman–Crippen LogP) is 2.57. The zero-order valence-electron chi connectivity index (χ0n) is 14.1. The first-order valence-corrected chi connectivity index (χ1v) is 8.38. The summed E-state index contributed by atoms with van der Waals surface area (Å²) >= 11 is 0. The summed E-state index contributed by atoms with van der Waals surface area (Å²) < 4.78 is 5.43. The number of benzene rings is 1. The van der Waals surface area contributed by atoms with Gasteiger partial charge >= 0.3 is 6.03 Å². The number of amides is 2. The third-order valence-electron chi connectivity index (χ3n) is 4.66. The maximum atomic E-state index is 12.4. The molecular formula is C18H28N2O3. The van der Waals surface area contributed by atoms with Crippen LogP contribution in [0.2, 0.25) is 0 Å². The Balaban J connectivity index is 2.05. The first-order chi connectivity index (χ1) is 11.1. The summed E-state index contributed by atoms with van der Waals surface area (Å²) in [5, 5.41) is 12.4. The number of urea groups is 1. The SMILES string of the molecule is CC(CO)N(C)C(=O)NC(CC1CCOCC1)c1ccccc1. The fraction of sp³-hybridized carbons (Fsp3) is 0.611. The van der Waals surface area contributed by atoms with Gasteiger partial charge < -0.3 is 20.1 Å². The van der Waals surface area contributed by atoms with Crippen LogP contribution >= 0.6 is 0 Å². The summed E-state index contributed by atoms with van der Waals surface area (Å²) in [6.45, 7) is 3.40. The van der Waals surface area contributed by atoms with E-state index in [2.05, 4.69) is 17.4 Å². The van der Waals surface area contributed by atoms with Gasteiger partial charge in [-0.3, -0.25) is 0 Å². The minimum atomic E-state index is -0.200. The smallest absolute Gasteiger partial charge is 0.317 e. The van der Waals surface area contributed by atoms with Crippen molar-refractivity contribution in [2.45, 2.75) is 38.3 Å². The highest BCUT2D eigenvalue weighted by atomic mass is 16.5. The summed E-state index contributed by atoms with van der Waals surface area (Å²) in [5.41, 5.74) is 1.12. The van der Waals surface area contributed by atoms with Crippen molar-refractivity contribution >= 4 is 6.03 Å². The second-order valence-electron chi connectivity index (χ2n) is 6.35. The van der Waals surface area contributed by atoms with Crippen molar-refractivity contribution in [3.05, 3.63) is 35.9 Å². The lowest BCUT2D eigenvalue weighted by atomic mass is 9.89. The number of hydrogen-bond acceptors (Lipinski definition) is 3. The Bertz CT molecular complexity index is 474. The third-order valence-corrected chi connectivity index (χ3v) is 4.66. The molecule has 2 amide bonds. The number of aliphatic hydroxyl groups excluding tert-OH is 1. The van der Waals surface area contributed by atoms with E-state index >= 15 is 0 Å². The van der Waals surface area contributed by atoms with E-state index in [0.717, 1.165) is 38.0 Å². The zero-order chi connectivity index (χ0) is 16.7. The van der Waals surface area contributed by atoms with Gasteiger partial charge in [0.1, 0.15) is 0 Å². The van der Waals surface area contributed by atoms with Crippen molar-refractivity contribution in [3.8, 4) is 0 Å². The fourth-order valence-corrected chi connectivity index (χ4v) is 2.85. The van der Waals surface area contributed by atoms with Crippen molar-refractivity contribution in [3.63, 3.8) is 0 Å². The molecule has 5 heteroatoms. The van der Waals surface area contributed by atoms with E-state index in [1.54, 1.807) is 11.9 Å². The molecule has 1 aliphatic heterocycles. The Morgan fingerprint density at radius 2 is 2.00 bits per heavy atom. The van der Waals surface area contributed by atoms with Crippen molar-refractivity contribution < 1.29 is 14.6 Å². The summed E-state index contributed by atoms with van der Waals surface area (Å²) in [5.74, 6) is 0.565. The van der Waals surface area contributed by atoms with Gasteiger partial charge in [0, 0.05) is 20.3 Å². The molecular weight excluding hydrogens is 292 g/mol. The summed E-state index contributed by atoms with van der Waals surface area (Å²) in [4.78, 5) is 14.0. The molecule has 1 aliphatic rings. The first kappa shape index (κ1) is 17.8. The van der Waals surface area contributed by atoms with Crippen molar-refractivity contribution in [2.24, 2.45) is 5.92 Å². The van der Waals surface area contributed by atoms with Crippen molar-refractivity contribution in [1.82, 2.24) is 10.2 Å². The number of carbonyl (C=O) groups is 1. The predicted molar refractivity (Wildman–Crippen MR) is 90.2 cm³/mol. The normalized spacial score (nSPS) is 18.2. The van der Waals surface area contributed by atoms with Crippen LogP contribution in [0, 0.1) is 5.92 Å². The topological polar surface area (TPSA) is 61.8 Å². The highest BCUT2D eigenvalue weighted by molar-refractivity contribution is 5.74. The Morgan fingerprint density at radius 1 is 1.35 bits per heavy atom. The van der Waals surface area contributed by atoms with Crippen LogP contribution in [0.1, 0.15) is 37.8 Å². The van der Waals surface area contributed by atoms with E-state index in [4.69, 9.17) is 4.74 Å². The molecule has 2 rings (SSSR count). The molecule has 0 saturated carbocycles. The van der Waals surface area contributed by atoms with Gasteiger partial charge in [0.2, 0.25) is 0 Å². The van der Waals surface area contributed by atoms with Crippen LogP contribution in [0.5, 0.6) is 0 Å². The lowest BCUT2D eigenvalue weighted by Gasteiger charge is -2.30. The molecule has 0 bridgehead atoms. The van der Waals surface area contributed by atoms with E-state index < -0.39 is 0 Å². The number of rotatable bonds is 6. The highest BCUT2D eigenvalue weighted by Gasteiger charge is 2.24. The van der Waals surface area contributed by atoms with Crippen LogP contribution in [-0.2, 0) is 4.74 Å². The Morgan fingerprint density at radius 3 is 2.61 bits per heavy atom. The molecule has 1 heterocycles. The maximum absolute atomic E-state index is 12.4. The van der Waals surface area contributed by atoms with E-state index in [0.29, 0.717) is 5.92 Å². The molecule has 1 aromatic carbocycles. The molecule has 2 atom stereocenters. The largest absolute Gasteiger partial charge is 0.394 e. The van der Waals surface area contributed by atoms with Crippen LogP contribution in [-0.4, -0.2) is 48.9 Å². The summed E-state index contributed by atoms with van der Waals surface area (Å²) in [6.07, 6.45) is 3.00. The molecule has 1 fully saturated rings. The number of nitrogens with zero attached hydrogens (tertiary/aromatic N) is 1. The second-order valence-corrected chi connectivity index (χ2v) is 6.35. The van der Waals surface area contributed by atoms with Crippen LogP contribution in [0.15, 0.2) is 30.3 Å². The van der Waals surface area contributed by atoms with Crippen LogP contribution in [0.3, 0.4) is 0 Å². The lowest BCUT2D eigenvalue weighted by Crippen LogP contribution is -2.45. The molecule has 0 radical (unpaired) electrons. The molecule has 128 valence electrons. The quantitative estimate of drug-likeness (QED) is 0.847. The second kappa shape index (κ2) is 8.89. The van der Waals surface area contributed by atoms with Gasteiger partial charge in [-0.15, -0.1) is 0 Å². The number of likely N-dealkylation sites (N-methyl/N-ethyl adjacent to an activating group) is 1. The van der Waals surface area contributed by atoms with Crippen molar-refractivity contribution in [1.29, 1.82) is 0 Å². The Labute approximate surface area is 138 Å². The van der Waals surface area contributed by atoms with Gasteiger partial charge in [0.25, 0.3) is 0 Å². The standard InChI is InChI=1S/C18H28N2O3/c1-14(13-21)20(2)18(22)19-17(16-6-4-3-5-7-16)12-15-8-10-23-11-9-15/h3-7,14-15,17,21H,8-13H2,1-2H3,(H,19,22). The van der Waals surface area contributed by atoms with Gasteiger partial charge in [0.15, 0.2) is 0 Å². The number of aliphatic hydroxyl groups is 1. The molecule has 0 aromatic heterocycles. The van der Waals surface area contributed by atoms with Crippen LogP contribution in [0.25, 0.3) is 0 Å². The molecule has 1 saturated heterocycles. The average molecular weight is 320 g/mol. The third kappa shape index (κ3) is 5.22. The van der Waals surface area contributed by atoms with Crippen LogP contribution in [0.4, 0.5) is 4.79 Å². The zero-order valence-corrected chi connectivity index (χ0v) is 14.1. The average Bonchev–Trinajstić information content (AvgIpc) is 2.61. The molecule has 0 spiro atoms. The maximum Gasteiger partial charge on any atom is 0.317 e. The van der Waals surface area contributed by atoms with Gasteiger partial charge in [-0.1, -0.05) is 30.3 Å². The Kier molecular flexibility index (Phi) is 6.86. The number of hydrogen-bond donors (Lipinski definition) is 2. The number of ether oxygens (including phenoxy) is 1. The minimum Gasteiger partial charge on any atom is -0.394 e. The molecule has 2 N–H and O–H groups in total. The monoisotopic (exact) mass is 320 g/mol. The first-order valence-electron chi connectivity index (χ1n) is 8.38. The van der Waals surface area contributed by atoms with Gasteiger partial charge in [0.05, 0.1) is 18.7 Å². The highest BCUT2D eigenvalue weighted by Crippen LogP contribution is 2.27. The number of carbonyl (C=O) groups excluding carboxylic acids is 1. The van der Waals surface area contributed by atoms with E-state index in [9.17, 15) is 9.90 Å². The van der Waals surface area contributed by atoms with Crippen molar-refractivity contribution in [2.75, 3.05) is 26.9 Å². The fourth-order valence-electron chi connectivity index (χ4n) is 2.85. The van der Waals surface area contributed by atoms with E-state index in [1.807, 2.05) is 25.1 Å². The molecule has 2 unspecified atom stereocenters. The Hall–Kier alpha value is -1.59. The molecule has 0 aliphatic carbocycles. The molecule has 1 aromatic rings. The van der Waals surface area contributed by atoms with E-state index in [-0.39, 0.29) is 24.7 Å². The minimum absolute atomic E-state index is 0.0138. The number of nitrogens with one attached hydrogen (secondary N) is 1. The van der Waals surface area contributed by atoms with E-state index in [1.165, 1.54) is 0 Å². The van der Waals surface area contributed by atoms with Crippen LogP contribution < -0.4 is 5.32 Å². The van der Waals surface area contributed by atoms with Gasteiger partial charge in [-0.25, -0.2) is 4.79 Å². The summed E-state index contributed by atoms with van der Waals surface area (Å²) in [6, 6.07) is 9.73. The molecule has 5 nitrogen and oxygen atoms in total. The lowest BCUT2D eigenvalue weighted by molar-refractivity contribution is 0.0605. The van der Waals surface area contributed by atoms with Gasteiger partial charge in [-0.2, -0.15) is 0 Å².